The lowest BCUT2D eigenvalue weighted by Gasteiger charge is -2.03. The van der Waals surface area contributed by atoms with E-state index in [1.165, 1.54) is 5.01 Å². The number of para-hydroxylation sites is 1. The van der Waals surface area contributed by atoms with Gasteiger partial charge >= 0.3 is 0 Å². The van der Waals surface area contributed by atoms with E-state index in [1.54, 1.807) is 29.4 Å². The van der Waals surface area contributed by atoms with Gasteiger partial charge in [0.2, 0.25) is 0 Å². The number of aromatic nitrogens is 5. The average molecular weight is 368 g/mol. The summed E-state index contributed by atoms with van der Waals surface area (Å²) in [4.78, 5) is 13.6. The highest BCUT2D eigenvalue weighted by molar-refractivity contribution is 7.98. The van der Waals surface area contributed by atoms with Crippen LogP contribution in [0.2, 0.25) is 0 Å². The highest BCUT2D eigenvalue weighted by Gasteiger charge is 2.12. The molecule has 0 saturated carbocycles. The van der Waals surface area contributed by atoms with E-state index in [1.807, 2.05) is 41.2 Å². The molecular formula is C18H17N5S2. The maximum absolute atomic E-state index is 4.68. The molecule has 25 heavy (non-hydrogen) atoms. The van der Waals surface area contributed by atoms with Gasteiger partial charge in [-0.3, -0.25) is 0 Å². The molecule has 126 valence electrons. The van der Waals surface area contributed by atoms with Gasteiger partial charge in [0.25, 0.3) is 0 Å². The smallest absolute Gasteiger partial charge is 0.167 e. The zero-order chi connectivity index (χ0) is 17.1. The molecule has 0 atom stereocenters. The lowest BCUT2D eigenvalue weighted by molar-refractivity contribution is 0.893. The second-order valence-corrected chi connectivity index (χ2v) is 7.49. The number of rotatable bonds is 6. The summed E-state index contributed by atoms with van der Waals surface area (Å²) < 4.78 is 1.85. The van der Waals surface area contributed by atoms with E-state index in [0.29, 0.717) is 0 Å². The van der Waals surface area contributed by atoms with Crippen molar-refractivity contribution in [3.05, 3.63) is 58.9 Å². The third kappa shape index (κ3) is 3.43. The van der Waals surface area contributed by atoms with Crippen LogP contribution in [0.4, 0.5) is 0 Å². The van der Waals surface area contributed by atoms with Crippen LogP contribution in [0.15, 0.2) is 53.3 Å². The van der Waals surface area contributed by atoms with Crippen molar-refractivity contribution in [3.63, 3.8) is 0 Å². The topological polar surface area (TPSA) is 56.5 Å². The molecule has 0 aliphatic carbocycles. The van der Waals surface area contributed by atoms with Gasteiger partial charge in [0, 0.05) is 11.1 Å². The lowest BCUT2D eigenvalue weighted by Crippen LogP contribution is -1.97. The molecular weight excluding hydrogens is 350 g/mol. The molecule has 3 heterocycles. The average Bonchev–Trinajstić information content (AvgIpc) is 3.28. The Balaban J connectivity index is 1.59. The number of nitrogens with zero attached hydrogens (tertiary/aromatic N) is 5. The largest absolute Gasteiger partial charge is 0.245 e. The first-order valence-electron chi connectivity index (χ1n) is 8.15. The number of fused-ring (bicyclic) bond motifs is 1. The van der Waals surface area contributed by atoms with Crippen LogP contribution >= 0.6 is 23.1 Å². The van der Waals surface area contributed by atoms with Crippen LogP contribution in [0.1, 0.15) is 24.0 Å². The number of thiazole rings is 1. The van der Waals surface area contributed by atoms with Gasteiger partial charge in [-0.15, -0.1) is 11.3 Å². The predicted octanol–water partition coefficient (Wildman–Crippen LogP) is 4.52. The maximum atomic E-state index is 4.68. The Morgan fingerprint density at radius 3 is 2.88 bits per heavy atom. The minimum absolute atomic E-state index is 0.808. The molecule has 0 aliphatic heterocycles. The van der Waals surface area contributed by atoms with Crippen molar-refractivity contribution in [2.24, 2.45) is 0 Å². The molecule has 0 spiro atoms. The normalized spacial score (nSPS) is 11.2. The van der Waals surface area contributed by atoms with Crippen molar-refractivity contribution in [1.82, 2.24) is 24.7 Å². The van der Waals surface area contributed by atoms with Gasteiger partial charge in [-0.2, -0.15) is 5.10 Å². The summed E-state index contributed by atoms with van der Waals surface area (Å²) in [5.41, 5.74) is 2.94. The molecule has 1 aromatic carbocycles. The summed E-state index contributed by atoms with van der Waals surface area (Å²) >= 11 is 3.42. The second kappa shape index (κ2) is 7.33. The summed E-state index contributed by atoms with van der Waals surface area (Å²) in [7, 11) is 0. The van der Waals surface area contributed by atoms with E-state index in [9.17, 15) is 0 Å². The van der Waals surface area contributed by atoms with Gasteiger partial charge in [0.05, 0.1) is 28.0 Å². The Bertz CT molecular complexity index is 977. The van der Waals surface area contributed by atoms with Crippen molar-refractivity contribution >= 4 is 34.1 Å². The number of aryl methyl sites for hydroxylation is 1. The van der Waals surface area contributed by atoms with E-state index < -0.39 is 0 Å². The van der Waals surface area contributed by atoms with E-state index in [4.69, 9.17) is 0 Å². The summed E-state index contributed by atoms with van der Waals surface area (Å²) in [5, 5.41) is 9.76. The molecule has 0 N–H and O–H groups in total. The molecule has 0 amide bonds. The first kappa shape index (κ1) is 16.2. The minimum atomic E-state index is 0.808. The first-order chi connectivity index (χ1) is 12.3. The Hall–Kier alpha value is -2.25. The Morgan fingerprint density at radius 2 is 2.04 bits per heavy atom. The lowest BCUT2D eigenvalue weighted by atomic mass is 10.3. The molecule has 4 aromatic rings. The van der Waals surface area contributed by atoms with Crippen molar-refractivity contribution < 1.29 is 0 Å². The molecule has 0 fully saturated rings. The molecule has 0 unspecified atom stereocenters. The van der Waals surface area contributed by atoms with Crippen LogP contribution in [0, 0.1) is 0 Å². The molecule has 0 radical (unpaired) electrons. The third-order valence-electron chi connectivity index (χ3n) is 3.75. The van der Waals surface area contributed by atoms with Crippen LogP contribution in [-0.4, -0.2) is 24.7 Å². The highest BCUT2D eigenvalue weighted by atomic mass is 32.2. The van der Waals surface area contributed by atoms with Gasteiger partial charge < -0.3 is 0 Å². The summed E-state index contributed by atoms with van der Waals surface area (Å²) in [6.07, 6.45) is 5.63. The Morgan fingerprint density at radius 1 is 1.16 bits per heavy atom. The van der Waals surface area contributed by atoms with Gasteiger partial charge in [0.1, 0.15) is 11.4 Å². The van der Waals surface area contributed by atoms with Crippen LogP contribution < -0.4 is 0 Å². The van der Waals surface area contributed by atoms with Gasteiger partial charge in [-0.1, -0.05) is 36.9 Å². The quantitative estimate of drug-likeness (QED) is 0.370. The fraction of sp³-hybridized carbons (Fsp3) is 0.222. The maximum Gasteiger partial charge on any atom is 0.167 e. The molecule has 0 aliphatic rings. The zero-order valence-electron chi connectivity index (χ0n) is 13.8. The fourth-order valence-electron chi connectivity index (χ4n) is 2.58. The van der Waals surface area contributed by atoms with Gasteiger partial charge in [-0.25, -0.2) is 19.6 Å². The van der Waals surface area contributed by atoms with Crippen molar-refractivity contribution in [3.8, 4) is 5.69 Å². The molecule has 0 saturated heterocycles. The standard InChI is InChI=1S/C18H17N5S2/c1-2-6-16-22-13(10-24-16)11-25-18-15-9-21-23(17(15)19-12-20-18)14-7-4-3-5-8-14/h3-5,7-10,12H,2,6,11H2,1H3. The Kier molecular flexibility index (Phi) is 4.76. The number of hydrogen-bond donors (Lipinski definition) is 0. The third-order valence-corrected chi connectivity index (χ3v) is 5.75. The Labute approximate surface area is 154 Å². The summed E-state index contributed by atoms with van der Waals surface area (Å²) in [6, 6.07) is 10.0. The second-order valence-electron chi connectivity index (χ2n) is 5.58. The number of thioether (sulfide) groups is 1. The molecule has 4 rings (SSSR count). The molecule has 5 nitrogen and oxygen atoms in total. The number of benzene rings is 1. The van der Waals surface area contributed by atoms with Crippen molar-refractivity contribution in [2.45, 2.75) is 30.5 Å². The summed E-state index contributed by atoms with van der Waals surface area (Å²) in [5.74, 6) is 0.808. The van der Waals surface area contributed by atoms with E-state index >= 15 is 0 Å². The van der Waals surface area contributed by atoms with Crippen LogP contribution in [-0.2, 0) is 12.2 Å². The van der Waals surface area contributed by atoms with Gasteiger partial charge in [0.15, 0.2) is 5.65 Å². The summed E-state index contributed by atoms with van der Waals surface area (Å²) in [6.45, 7) is 2.18. The van der Waals surface area contributed by atoms with Crippen LogP contribution in [0.25, 0.3) is 16.7 Å². The zero-order valence-corrected chi connectivity index (χ0v) is 15.4. The van der Waals surface area contributed by atoms with Crippen LogP contribution in [0.3, 0.4) is 0 Å². The highest BCUT2D eigenvalue weighted by Crippen LogP contribution is 2.28. The fourth-order valence-corrected chi connectivity index (χ4v) is 4.44. The molecule has 7 heteroatoms. The van der Waals surface area contributed by atoms with Crippen molar-refractivity contribution in [2.75, 3.05) is 0 Å². The SMILES string of the molecule is CCCc1nc(CSc2ncnc3c2cnn3-c2ccccc2)cs1. The van der Waals surface area contributed by atoms with Crippen LogP contribution in [0.5, 0.6) is 0 Å². The van der Waals surface area contributed by atoms with E-state index in [2.05, 4.69) is 32.4 Å². The monoisotopic (exact) mass is 367 g/mol. The predicted molar refractivity (Wildman–Crippen MR) is 102 cm³/mol. The first-order valence-corrected chi connectivity index (χ1v) is 10.0. The molecule has 3 aromatic heterocycles. The number of hydrogen-bond acceptors (Lipinski definition) is 6. The van der Waals surface area contributed by atoms with Gasteiger partial charge in [-0.05, 0) is 25.0 Å². The van der Waals surface area contributed by atoms with Crippen molar-refractivity contribution in [1.29, 1.82) is 0 Å². The van der Waals surface area contributed by atoms with E-state index in [-0.39, 0.29) is 0 Å². The molecule has 0 bridgehead atoms. The minimum Gasteiger partial charge on any atom is -0.245 e. The van der Waals surface area contributed by atoms with E-state index in [0.717, 1.165) is 46.0 Å².